The van der Waals surface area contributed by atoms with Crippen LogP contribution < -0.4 is 0 Å². The molecule has 0 aliphatic carbocycles. The molecular formula is C48H28O2. The van der Waals surface area contributed by atoms with Crippen molar-refractivity contribution < 1.29 is 8.83 Å². The van der Waals surface area contributed by atoms with Crippen molar-refractivity contribution >= 4 is 76.2 Å². The number of para-hydroxylation sites is 1. The van der Waals surface area contributed by atoms with Crippen LogP contribution in [0.2, 0.25) is 0 Å². The maximum Gasteiger partial charge on any atom is 0.136 e. The fourth-order valence-electron chi connectivity index (χ4n) is 8.27. The van der Waals surface area contributed by atoms with Crippen LogP contribution in [0, 0.1) is 0 Å². The molecule has 0 amide bonds. The van der Waals surface area contributed by atoms with Gasteiger partial charge in [0.2, 0.25) is 0 Å². The zero-order valence-electron chi connectivity index (χ0n) is 27.0. The van der Waals surface area contributed by atoms with Crippen LogP contribution in [0.15, 0.2) is 179 Å². The van der Waals surface area contributed by atoms with Gasteiger partial charge in [-0.2, -0.15) is 0 Å². The van der Waals surface area contributed by atoms with Crippen molar-refractivity contribution in [2.45, 2.75) is 0 Å². The molecule has 0 aliphatic heterocycles. The van der Waals surface area contributed by atoms with E-state index in [2.05, 4.69) is 158 Å². The van der Waals surface area contributed by atoms with E-state index < -0.39 is 0 Å². The van der Waals surface area contributed by atoms with Crippen molar-refractivity contribution in [1.82, 2.24) is 0 Å². The van der Waals surface area contributed by atoms with E-state index in [9.17, 15) is 0 Å². The summed E-state index contributed by atoms with van der Waals surface area (Å²) in [6.45, 7) is 0. The molecule has 0 unspecified atom stereocenters. The second-order valence-corrected chi connectivity index (χ2v) is 13.2. The highest BCUT2D eigenvalue weighted by Crippen LogP contribution is 2.45. The summed E-state index contributed by atoms with van der Waals surface area (Å²) in [6, 6.07) is 60.8. The van der Waals surface area contributed by atoms with E-state index >= 15 is 0 Å². The van der Waals surface area contributed by atoms with Gasteiger partial charge < -0.3 is 8.83 Å². The molecule has 0 saturated carbocycles. The fourth-order valence-corrected chi connectivity index (χ4v) is 8.27. The van der Waals surface area contributed by atoms with Gasteiger partial charge in [-0.3, -0.25) is 0 Å². The largest absolute Gasteiger partial charge is 0.456 e. The van der Waals surface area contributed by atoms with Gasteiger partial charge in [-0.15, -0.1) is 0 Å². The number of hydrogen-bond acceptors (Lipinski definition) is 2. The summed E-state index contributed by atoms with van der Waals surface area (Å²) in [5.74, 6) is 0. The lowest BCUT2D eigenvalue weighted by Gasteiger charge is -2.18. The van der Waals surface area contributed by atoms with Crippen LogP contribution >= 0.6 is 0 Å². The van der Waals surface area contributed by atoms with E-state index in [1.807, 2.05) is 12.1 Å². The Labute approximate surface area is 287 Å². The lowest BCUT2D eigenvalue weighted by atomic mass is 9.85. The van der Waals surface area contributed by atoms with Crippen molar-refractivity contribution in [2.24, 2.45) is 0 Å². The first-order valence-corrected chi connectivity index (χ1v) is 17.1. The Kier molecular flexibility index (Phi) is 5.70. The molecule has 2 nitrogen and oxygen atoms in total. The molecule has 9 aromatic carbocycles. The smallest absolute Gasteiger partial charge is 0.136 e. The van der Waals surface area contributed by atoms with E-state index in [1.54, 1.807) is 0 Å². The van der Waals surface area contributed by atoms with Crippen LogP contribution in [-0.2, 0) is 0 Å². The Bertz CT molecular complexity index is 3070. The predicted molar refractivity (Wildman–Crippen MR) is 210 cm³/mol. The van der Waals surface area contributed by atoms with Crippen molar-refractivity contribution in [2.75, 3.05) is 0 Å². The first-order valence-electron chi connectivity index (χ1n) is 17.1. The molecule has 0 fully saturated rings. The van der Waals surface area contributed by atoms with Crippen LogP contribution in [0.1, 0.15) is 0 Å². The van der Waals surface area contributed by atoms with E-state index in [0.29, 0.717) is 0 Å². The molecule has 11 aromatic rings. The Morgan fingerprint density at radius 2 is 0.720 bits per heavy atom. The van der Waals surface area contributed by atoms with Crippen molar-refractivity contribution in [3.8, 4) is 33.4 Å². The maximum absolute atomic E-state index is 6.64. The monoisotopic (exact) mass is 636 g/mol. The molecule has 11 rings (SSSR count). The lowest BCUT2D eigenvalue weighted by Crippen LogP contribution is -1.91. The Morgan fingerprint density at radius 1 is 0.260 bits per heavy atom. The highest BCUT2D eigenvalue weighted by molar-refractivity contribution is 6.25. The molecule has 0 aliphatic rings. The van der Waals surface area contributed by atoms with Gasteiger partial charge >= 0.3 is 0 Å². The Hall–Kier alpha value is -6.64. The van der Waals surface area contributed by atoms with Crippen LogP contribution in [0.3, 0.4) is 0 Å². The highest BCUT2D eigenvalue weighted by atomic mass is 16.3. The molecule has 2 heterocycles. The molecule has 2 aromatic heterocycles. The van der Waals surface area contributed by atoms with Crippen LogP contribution in [0.4, 0.5) is 0 Å². The van der Waals surface area contributed by atoms with E-state index in [-0.39, 0.29) is 0 Å². The van der Waals surface area contributed by atoms with E-state index in [0.717, 1.165) is 55.0 Å². The maximum atomic E-state index is 6.64. The lowest BCUT2D eigenvalue weighted by molar-refractivity contribution is 0.664. The van der Waals surface area contributed by atoms with E-state index in [1.165, 1.54) is 54.6 Å². The summed E-state index contributed by atoms with van der Waals surface area (Å²) in [5.41, 5.74) is 10.8. The summed E-state index contributed by atoms with van der Waals surface area (Å²) in [7, 11) is 0. The second kappa shape index (κ2) is 10.4. The minimum Gasteiger partial charge on any atom is -0.456 e. The third-order valence-corrected chi connectivity index (χ3v) is 10.5. The standard InChI is InChI=1S/C48H28O2/c1-2-12-30(13-3-1)46-35-17-6-8-19-37(35)47(38-20-9-7-18-36(38)46)31-24-22-29(23-25-31)39-26-45-48(34-16-5-4-14-32(34)39)41-28-43-40(27-44(41)50-45)33-15-10-11-21-42(33)49-43/h1-28H. The SMILES string of the molecule is c1ccc(-c2c3ccccc3c(-c3ccc(-c4cc5oc6cc7c(cc6c5c5ccccc45)oc4ccccc47)cc3)c3ccccc23)cc1. The Balaban J connectivity index is 1.11. The minimum atomic E-state index is 0.870. The van der Waals surface area contributed by atoms with Gasteiger partial charge in [-0.1, -0.05) is 146 Å². The third-order valence-electron chi connectivity index (χ3n) is 10.5. The number of furan rings is 2. The molecule has 0 atom stereocenters. The van der Waals surface area contributed by atoms with Gasteiger partial charge in [0.15, 0.2) is 0 Å². The van der Waals surface area contributed by atoms with Gasteiger partial charge in [0, 0.05) is 21.5 Å². The molecule has 0 spiro atoms. The molecule has 0 radical (unpaired) electrons. The molecule has 232 valence electrons. The van der Waals surface area contributed by atoms with Crippen molar-refractivity contribution in [3.05, 3.63) is 170 Å². The van der Waals surface area contributed by atoms with Crippen LogP contribution in [-0.4, -0.2) is 0 Å². The summed E-state index contributed by atoms with van der Waals surface area (Å²) in [4.78, 5) is 0. The first-order chi connectivity index (χ1) is 24.8. The zero-order chi connectivity index (χ0) is 32.8. The molecule has 0 saturated heterocycles. The van der Waals surface area contributed by atoms with Gasteiger partial charge in [-0.25, -0.2) is 0 Å². The minimum absolute atomic E-state index is 0.870. The molecule has 0 bridgehead atoms. The van der Waals surface area contributed by atoms with Crippen LogP contribution in [0.25, 0.3) is 110 Å². The highest BCUT2D eigenvalue weighted by Gasteiger charge is 2.19. The van der Waals surface area contributed by atoms with Crippen molar-refractivity contribution in [1.29, 1.82) is 0 Å². The summed E-state index contributed by atoms with van der Waals surface area (Å²) < 4.78 is 12.9. The zero-order valence-corrected chi connectivity index (χ0v) is 27.0. The summed E-state index contributed by atoms with van der Waals surface area (Å²) in [5, 5.41) is 11.8. The van der Waals surface area contributed by atoms with Gasteiger partial charge in [0.05, 0.1) is 0 Å². The molecular weight excluding hydrogens is 609 g/mol. The second-order valence-electron chi connectivity index (χ2n) is 13.2. The quantitative estimate of drug-likeness (QED) is 0.180. The number of fused-ring (bicyclic) bond motifs is 10. The predicted octanol–water partition coefficient (Wildman–Crippen LogP) is 13.9. The first kappa shape index (κ1) is 27.3. The fraction of sp³-hybridized carbons (Fsp3) is 0. The average molecular weight is 637 g/mol. The molecule has 0 N–H and O–H groups in total. The average Bonchev–Trinajstić information content (AvgIpc) is 3.73. The molecule has 2 heteroatoms. The van der Waals surface area contributed by atoms with Crippen molar-refractivity contribution in [3.63, 3.8) is 0 Å². The number of hydrogen-bond donors (Lipinski definition) is 0. The molecule has 50 heavy (non-hydrogen) atoms. The van der Waals surface area contributed by atoms with Gasteiger partial charge in [-0.05, 0) is 90.0 Å². The summed E-state index contributed by atoms with van der Waals surface area (Å²) >= 11 is 0. The normalized spacial score (nSPS) is 12.0. The van der Waals surface area contributed by atoms with Gasteiger partial charge in [0.25, 0.3) is 0 Å². The Morgan fingerprint density at radius 3 is 1.38 bits per heavy atom. The van der Waals surface area contributed by atoms with Crippen LogP contribution in [0.5, 0.6) is 0 Å². The van der Waals surface area contributed by atoms with Gasteiger partial charge in [0.1, 0.15) is 22.3 Å². The topological polar surface area (TPSA) is 26.3 Å². The van der Waals surface area contributed by atoms with E-state index in [4.69, 9.17) is 8.83 Å². The number of rotatable bonds is 3. The third kappa shape index (κ3) is 3.90. The number of benzene rings is 9. The summed E-state index contributed by atoms with van der Waals surface area (Å²) in [6.07, 6.45) is 0.